The van der Waals surface area contributed by atoms with Gasteiger partial charge < -0.3 is 14.3 Å². The van der Waals surface area contributed by atoms with Crippen molar-refractivity contribution in [2.45, 2.75) is 82.5 Å². The second-order valence-corrected chi connectivity index (χ2v) is 16.9. The number of nitrogens with one attached hydrogen (secondary N) is 1. The summed E-state index contributed by atoms with van der Waals surface area (Å²) in [4.78, 5) is 30.8. The van der Waals surface area contributed by atoms with Gasteiger partial charge in [-0.05, 0) is 66.1 Å². The lowest BCUT2D eigenvalue weighted by Gasteiger charge is -2.46. The summed E-state index contributed by atoms with van der Waals surface area (Å²) < 4.78 is 9.50. The summed E-state index contributed by atoms with van der Waals surface area (Å²) in [5.41, 5.74) is 0.617. The monoisotopic (exact) mass is 565 g/mol. The Hall–Kier alpha value is -3.55. The molecule has 0 spiro atoms. The molecule has 0 unspecified atom stereocenters. The molecule has 1 amide bonds. The number of carbonyl (C=O) groups is 1. The Kier molecular flexibility index (Phi) is 7.42. The molecule has 6 rings (SSSR count). The van der Waals surface area contributed by atoms with Gasteiger partial charge in [-0.3, -0.25) is 9.59 Å². The molecular weight excluding hydrogens is 526 g/mol. The van der Waals surface area contributed by atoms with Gasteiger partial charge in [0.2, 0.25) is 5.43 Å². The number of aromatic nitrogens is 2. The Morgan fingerprint density at radius 3 is 2.05 bits per heavy atom. The molecule has 6 nitrogen and oxygen atoms in total. The van der Waals surface area contributed by atoms with E-state index in [1.54, 1.807) is 24.5 Å². The van der Waals surface area contributed by atoms with E-state index in [2.05, 4.69) is 96.3 Å². The molecular formula is C34H39N3O3Si. The van der Waals surface area contributed by atoms with Gasteiger partial charge >= 0.3 is 0 Å². The lowest BCUT2D eigenvalue weighted by Crippen LogP contribution is -2.67. The third-order valence-corrected chi connectivity index (χ3v) is 13.8. The number of carbonyl (C=O) groups excluding carboxylic acids is 1. The van der Waals surface area contributed by atoms with Crippen LogP contribution in [0.5, 0.6) is 0 Å². The minimum absolute atomic E-state index is 0.0742. The SMILES string of the molecule is CC(C)(C)[Si](OC1CCC(n2cc(C(=O)NC3CC3)c(=O)c3cccnc32)CC1)(c1ccccc1)c1ccccc1. The van der Waals surface area contributed by atoms with Gasteiger partial charge in [0.1, 0.15) is 11.2 Å². The molecule has 0 saturated heterocycles. The van der Waals surface area contributed by atoms with Crippen molar-refractivity contribution in [3.63, 3.8) is 0 Å². The Morgan fingerprint density at radius 1 is 0.878 bits per heavy atom. The van der Waals surface area contributed by atoms with Crippen LogP contribution in [0, 0.1) is 0 Å². The summed E-state index contributed by atoms with van der Waals surface area (Å²) in [6.07, 6.45) is 9.13. The van der Waals surface area contributed by atoms with Crippen molar-refractivity contribution in [3.8, 4) is 0 Å². The van der Waals surface area contributed by atoms with Gasteiger partial charge in [0.15, 0.2) is 0 Å². The zero-order valence-corrected chi connectivity index (χ0v) is 25.2. The maximum absolute atomic E-state index is 13.2. The first-order valence-electron chi connectivity index (χ1n) is 14.9. The Labute approximate surface area is 242 Å². The van der Waals surface area contributed by atoms with Crippen molar-refractivity contribution >= 4 is 35.6 Å². The average Bonchev–Trinajstić information content (AvgIpc) is 3.81. The number of rotatable bonds is 7. The van der Waals surface area contributed by atoms with Gasteiger partial charge in [-0.2, -0.15) is 0 Å². The number of amides is 1. The second kappa shape index (κ2) is 11.0. The Balaban J connectivity index is 1.30. The van der Waals surface area contributed by atoms with E-state index in [-0.39, 0.29) is 40.1 Å². The average molecular weight is 566 g/mol. The Morgan fingerprint density at radius 2 is 1.49 bits per heavy atom. The largest absolute Gasteiger partial charge is 0.404 e. The van der Waals surface area contributed by atoms with E-state index in [1.165, 1.54) is 10.4 Å². The molecule has 212 valence electrons. The Bertz CT molecular complexity index is 1550. The summed E-state index contributed by atoms with van der Waals surface area (Å²) in [5, 5.41) is 6.01. The lowest BCUT2D eigenvalue weighted by atomic mass is 9.92. The van der Waals surface area contributed by atoms with Crippen LogP contribution in [0.4, 0.5) is 0 Å². The van der Waals surface area contributed by atoms with Gasteiger partial charge in [0, 0.05) is 30.6 Å². The highest BCUT2D eigenvalue weighted by Gasteiger charge is 2.51. The molecule has 2 aromatic heterocycles. The van der Waals surface area contributed by atoms with Crippen molar-refractivity contribution < 1.29 is 9.22 Å². The van der Waals surface area contributed by atoms with Gasteiger partial charge in [-0.25, -0.2) is 4.98 Å². The van der Waals surface area contributed by atoms with Crippen LogP contribution >= 0.6 is 0 Å². The molecule has 0 aliphatic heterocycles. The summed E-state index contributed by atoms with van der Waals surface area (Å²) in [6.45, 7) is 6.95. The number of fused-ring (bicyclic) bond motifs is 1. The molecule has 4 aromatic rings. The first-order valence-corrected chi connectivity index (χ1v) is 16.8. The fourth-order valence-corrected chi connectivity index (χ4v) is 11.2. The van der Waals surface area contributed by atoms with E-state index < -0.39 is 8.32 Å². The third kappa shape index (κ3) is 5.29. The van der Waals surface area contributed by atoms with Gasteiger partial charge in [0.25, 0.3) is 14.2 Å². The normalized spacial score (nSPS) is 19.7. The molecule has 1 N–H and O–H groups in total. The predicted octanol–water partition coefficient (Wildman–Crippen LogP) is 5.35. The van der Waals surface area contributed by atoms with E-state index in [9.17, 15) is 9.59 Å². The molecule has 0 bridgehead atoms. The van der Waals surface area contributed by atoms with Crippen LogP contribution < -0.4 is 21.1 Å². The van der Waals surface area contributed by atoms with E-state index in [1.807, 2.05) is 0 Å². The topological polar surface area (TPSA) is 73.2 Å². The highest BCUT2D eigenvalue weighted by molar-refractivity contribution is 6.99. The van der Waals surface area contributed by atoms with Crippen LogP contribution in [0.15, 0.2) is 90.0 Å². The van der Waals surface area contributed by atoms with Crippen LogP contribution in [0.1, 0.15) is 75.7 Å². The number of hydrogen-bond acceptors (Lipinski definition) is 4. The van der Waals surface area contributed by atoms with E-state index in [4.69, 9.17) is 4.43 Å². The van der Waals surface area contributed by atoms with E-state index >= 15 is 0 Å². The summed E-state index contributed by atoms with van der Waals surface area (Å²) in [6, 6.07) is 25.5. The lowest BCUT2D eigenvalue weighted by molar-refractivity contribution is 0.0948. The number of pyridine rings is 2. The fourth-order valence-electron chi connectivity index (χ4n) is 6.50. The maximum Gasteiger partial charge on any atom is 0.261 e. The van der Waals surface area contributed by atoms with Crippen molar-refractivity contribution in [1.29, 1.82) is 0 Å². The molecule has 2 aliphatic carbocycles. The molecule has 2 fully saturated rings. The highest BCUT2D eigenvalue weighted by atomic mass is 28.4. The summed E-state index contributed by atoms with van der Waals surface area (Å²) >= 11 is 0. The van der Waals surface area contributed by atoms with Crippen LogP contribution in [0.25, 0.3) is 11.0 Å². The fraction of sp³-hybridized carbons (Fsp3) is 0.382. The molecule has 2 aliphatic rings. The summed E-state index contributed by atoms with van der Waals surface area (Å²) in [5.74, 6) is -0.277. The standard InChI is InChI=1S/C34H39N3O3Si/c1-34(2,3)41(27-11-6-4-7-12-27,28-13-8-5-9-14-28)40-26-20-18-25(19-21-26)37-23-30(33(39)36-24-16-17-24)31(38)29-15-10-22-35-32(29)37/h4-15,22-26H,16-21H2,1-3H3,(H,36,39). The summed E-state index contributed by atoms with van der Waals surface area (Å²) in [7, 11) is -2.64. The predicted molar refractivity (Wildman–Crippen MR) is 166 cm³/mol. The molecule has 41 heavy (non-hydrogen) atoms. The molecule has 2 saturated carbocycles. The van der Waals surface area contributed by atoms with Crippen LogP contribution in [-0.4, -0.2) is 35.9 Å². The first kappa shape index (κ1) is 27.6. The van der Waals surface area contributed by atoms with E-state index in [0.717, 1.165) is 38.5 Å². The van der Waals surface area contributed by atoms with Crippen LogP contribution in [0.2, 0.25) is 5.04 Å². The molecule has 0 atom stereocenters. The molecule has 7 heteroatoms. The molecule has 0 radical (unpaired) electrons. The molecule has 2 aromatic carbocycles. The van der Waals surface area contributed by atoms with Crippen LogP contribution in [0.3, 0.4) is 0 Å². The van der Waals surface area contributed by atoms with Crippen molar-refractivity contribution in [2.75, 3.05) is 0 Å². The first-order chi connectivity index (χ1) is 19.8. The van der Waals surface area contributed by atoms with Gasteiger partial charge in [-0.1, -0.05) is 81.4 Å². The second-order valence-electron chi connectivity index (χ2n) is 12.6. The zero-order chi connectivity index (χ0) is 28.6. The quantitative estimate of drug-likeness (QED) is 0.307. The smallest absolute Gasteiger partial charge is 0.261 e. The van der Waals surface area contributed by atoms with E-state index in [0.29, 0.717) is 11.0 Å². The highest BCUT2D eigenvalue weighted by Crippen LogP contribution is 2.40. The third-order valence-electron chi connectivity index (χ3n) is 8.74. The number of hydrogen-bond donors (Lipinski definition) is 1. The van der Waals surface area contributed by atoms with Crippen molar-refractivity contribution in [2.24, 2.45) is 0 Å². The number of benzene rings is 2. The van der Waals surface area contributed by atoms with Gasteiger partial charge in [-0.15, -0.1) is 0 Å². The zero-order valence-electron chi connectivity index (χ0n) is 24.2. The molecule has 2 heterocycles. The maximum atomic E-state index is 13.2. The van der Waals surface area contributed by atoms with Crippen molar-refractivity contribution in [3.05, 3.63) is 101 Å². The van der Waals surface area contributed by atoms with Crippen LogP contribution in [-0.2, 0) is 4.43 Å². The number of nitrogens with zero attached hydrogens (tertiary/aromatic N) is 2. The minimum Gasteiger partial charge on any atom is -0.404 e. The van der Waals surface area contributed by atoms with Crippen molar-refractivity contribution in [1.82, 2.24) is 14.9 Å². The minimum atomic E-state index is -2.64. The van der Waals surface area contributed by atoms with Gasteiger partial charge in [0.05, 0.1) is 5.39 Å².